The number of benzene rings is 4. The molecule has 216 valence electrons. The number of methoxy groups -OCH3 is 1. The van der Waals surface area contributed by atoms with E-state index in [1.165, 1.54) is 6.21 Å². The first kappa shape index (κ1) is 30.0. The van der Waals surface area contributed by atoms with Gasteiger partial charge in [0.05, 0.1) is 19.9 Å². The predicted octanol–water partition coefficient (Wildman–Crippen LogP) is 6.11. The quantitative estimate of drug-likeness (QED) is 0.144. The second kappa shape index (κ2) is 15.1. The first-order valence-electron chi connectivity index (χ1n) is 13.1. The molecule has 0 saturated heterocycles. The van der Waals surface area contributed by atoms with Gasteiger partial charge in [0.1, 0.15) is 18.1 Å². The van der Waals surface area contributed by atoms with Crippen molar-refractivity contribution >= 4 is 35.3 Å². The highest BCUT2D eigenvalue weighted by molar-refractivity contribution is 6.30. The number of anilines is 1. The summed E-state index contributed by atoms with van der Waals surface area (Å²) in [6.45, 7) is 2.37. The number of carbonyl (C=O) groups is 2. The molecular formula is C32H30ClN3O6. The van der Waals surface area contributed by atoms with Crippen LogP contribution in [-0.4, -0.2) is 38.4 Å². The van der Waals surface area contributed by atoms with Crippen LogP contribution >= 0.6 is 11.6 Å². The molecule has 0 radical (unpaired) electrons. The first-order valence-corrected chi connectivity index (χ1v) is 13.5. The topological polar surface area (TPSA) is 107 Å². The molecule has 0 aromatic heterocycles. The van der Waals surface area contributed by atoms with Crippen LogP contribution in [0.1, 0.15) is 28.4 Å². The van der Waals surface area contributed by atoms with Crippen molar-refractivity contribution in [1.82, 2.24) is 5.43 Å². The molecule has 42 heavy (non-hydrogen) atoms. The monoisotopic (exact) mass is 587 g/mol. The smallest absolute Gasteiger partial charge is 0.271 e. The van der Waals surface area contributed by atoms with Crippen molar-refractivity contribution in [3.63, 3.8) is 0 Å². The maximum Gasteiger partial charge on any atom is 0.271 e. The minimum absolute atomic E-state index is 0.250. The van der Waals surface area contributed by atoms with Gasteiger partial charge in [0, 0.05) is 21.8 Å². The summed E-state index contributed by atoms with van der Waals surface area (Å²) < 4.78 is 22.4. The molecule has 0 bridgehead atoms. The fraction of sp³-hybridized carbons (Fsp3) is 0.156. The lowest BCUT2D eigenvalue weighted by Crippen LogP contribution is -2.20. The average molecular weight is 588 g/mol. The van der Waals surface area contributed by atoms with Crippen molar-refractivity contribution in [2.24, 2.45) is 5.10 Å². The molecule has 10 heteroatoms. The Kier molecular flexibility index (Phi) is 10.8. The molecule has 0 aliphatic heterocycles. The van der Waals surface area contributed by atoms with Gasteiger partial charge >= 0.3 is 0 Å². The summed E-state index contributed by atoms with van der Waals surface area (Å²) in [5.74, 6) is 1.21. The van der Waals surface area contributed by atoms with E-state index in [9.17, 15) is 9.59 Å². The van der Waals surface area contributed by atoms with E-state index >= 15 is 0 Å². The van der Waals surface area contributed by atoms with Crippen molar-refractivity contribution in [2.75, 3.05) is 25.6 Å². The maximum atomic E-state index is 12.8. The third-order valence-corrected chi connectivity index (χ3v) is 6.05. The lowest BCUT2D eigenvalue weighted by atomic mass is 10.2. The van der Waals surface area contributed by atoms with Crippen molar-refractivity contribution in [3.8, 4) is 23.0 Å². The van der Waals surface area contributed by atoms with E-state index in [0.29, 0.717) is 58.0 Å². The van der Waals surface area contributed by atoms with Crippen molar-refractivity contribution < 1.29 is 28.5 Å². The normalized spacial score (nSPS) is 10.6. The van der Waals surface area contributed by atoms with Gasteiger partial charge in [-0.05, 0) is 73.2 Å². The van der Waals surface area contributed by atoms with E-state index < -0.39 is 5.91 Å². The van der Waals surface area contributed by atoms with E-state index in [1.54, 1.807) is 67.8 Å². The average Bonchev–Trinajstić information content (AvgIpc) is 3.01. The molecule has 0 spiro atoms. The number of nitrogens with one attached hydrogen (secondary N) is 2. The second-order valence-electron chi connectivity index (χ2n) is 8.82. The molecule has 0 saturated carbocycles. The maximum absolute atomic E-state index is 12.8. The van der Waals surface area contributed by atoms with E-state index in [1.807, 2.05) is 37.3 Å². The SMILES string of the molecule is CCOc1cc(C(=O)N/N=C/c2cc(Cl)ccc2OCC(=O)Nc2ccc(OC)cc2)ccc1OCc1ccccc1. The Morgan fingerprint density at radius 1 is 0.857 bits per heavy atom. The van der Waals surface area contributed by atoms with Gasteiger partial charge in [-0.2, -0.15) is 5.10 Å². The van der Waals surface area contributed by atoms with Gasteiger partial charge < -0.3 is 24.3 Å². The second-order valence-corrected chi connectivity index (χ2v) is 9.25. The van der Waals surface area contributed by atoms with Crippen LogP contribution in [-0.2, 0) is 11.4 Å². The van der Waals surface area contributed by atoms with Gasteiger partial charge in [-0.15, -0.1) is 0 Å². The molecule has 2 N–H and O–H groups in total. The van der Waals surface area contributed by atoms with E-state index in [-0.39, 0.29) is 12.5 Å². The number of rotatable bonds is 13. The third kappa shape index (κ3) is 8.74. The Morgan fingerprint density at radius 3 is 2.36 bits per heavy atom. The number of carbonyl (C=O) groups excluding carboxylic acids is 2. The molecule has 4 aromatic rings. The lowest BCUT2D eigenvalue weighted by molar-refractivity contribution is -0.118. The molecule has 0 heterocycles. The van der Waals surface area contributed by atoms with Gasteiger partial charge in [-0.3, -0.25) is 9.59 Å². The van der Waals surface area contributed by atoms with Crippen LogP contribution in [0.2, 0.25) is 5.02 Å². The Labute approximate surface area is 249 Å². The number of amides is 2. The molecule has 9 nitrogen and oxygen atoms in total. The highest BCUT2D eigenvalue weighted by atomic mass is 35.5. The first-order chi connectivity index (χ1) is 20.4. The highest BCUT2D eigenvalue weighted by Gasteiger charge is 2.12. The minimum Gasteiger partial charge on any atom is -0.497 e. The van der Waals surface area contributed by atoms with E-state index in [0.717, 1.165) is 5.56 Å². The Hall–Kier alpha value is -5.02. The molecule has 0 unspecified atom stereocenters. The molecule has 0 aliphatic carbocycles. The molecule has 4 aromatic carbocycles. The number of halogens is 1. The summed E-state index contributed by atoms with van der Waals surface area (Å²) in [7, 11) is 1.57. The van der Waals surface area contributed by atoms with Gasteiger partial charge in [0.2, 0.25) is 0 Å². The Morgan fingerprint density at radius 2 is 1.62 bits per heavy atom. The Bertz CT molecular complexity index is 1530. The number of nitrogens with zero attached hydrogens (tertiary/aromatic N) is 1. The summed E-state index contributed by atoms with van der Waals surface area (Å²) in [5, 5.41) is 7.24. The molecule has 0 aliphatic rings. The van der Waals surface area contributed by atoms with Crippen LogP contribution < -0.4 is 29.7 Å². The summed E-state index contributed by atoms with van der Waals surface area (Å²) >= 11 is 6.16. The minimum atomic E-state index is -0.454. The largest absolute Gasteiger partial charge is 0.497 e. The van der Waals surface area contributed by atoms with Crippen molar-refractivity contribution in [1.29, 1.82) is 0 Å². The number of ether oxygens (including phenoxy) is 4. The van der Waals surface area contributed by atoms with Crippen molar-refractivity contribution in [3.05, 3.63) is 113 Å². The number of hydrogen-bond donors (Lipinski definition) is 2. The standard InChI is InChI=1S/C32H30ClN3O6/c1-3-40-30-18-23(9-15-29(30)41-20-22-7-5-4-6-8-22)32(38)36-34-19-24-17-25(33)10-16-28(24)42-21-31(37)35-26-11-13-27(39-2)14-12-26/h4-19H,3,20-21H2,1-2H3,(H,35,37)(H,36,38)/b34-19+. The molecular weight excluding hydrogens is 558 g/mol. The summed E-state index contributed by atoms with van der Waals surface area (Å²) in [4.78, 5) is 25.2. The lowest BCUT2D eigenvalue weighted by Gasteiger charge is -2.13. The molecule has 2 amide bonds. The summed E-state index contributed by atoms with van der Waals surface area (Å²) in [6, 6.07) is 26.5. The zero-order valence-electron chi connectivity index (χ0n) is 23.1. The zero-order chi connectivity index (χ0) is 29.7. The van der Waals surface area contributed by atoms with Crippen LogP contribution in [0.4, 0.5) is 5.69 Å². The number of hydrogen-bond acceptors (Lipinski definition) is 7. The van der Waals surface area contributed by atoms with Gasteiger partial charge in [-0.1, -0.05) is 41.9 Å². The fourth-order valence-corrected chi connectivity index (χ4v) is 3.94. The number of hydrazone groups is 1. The van der Waals surface area contributed by atoms with Crippen LogP contribution in [0.15, 0.2) is 96.1 Å². The van der Waals surface area contributed by atoms with E-state index in [4.69, 9.17) is 30.5 Å². The highest BCUT2D eigenvalue weighted by Crippen LogP contribution is 2.29. The van der Waals surface area contributed by atoms with Crippen LogP contribution in [0, 0.1) is 0 Å². The fourth-order valence-electron chi connectivity index (χ4n) is 3.76. The van der Waals surface area contributed by atoms with Crippen molar-refractivity contribution in [2.45, 2.75) is 13.5 Å². The molecule has 0 fully saturated rings. The third-order valence-electron chi connectivity index (χ3n) is 5.82. The summed E-state index contributed by atoms with van der Waals surface area (Å²) in [5.41, 5.74) is 4.92. The molecule has 0 atom stereocenters. The zero-order valence-corrected chi connectivity index (χ0v) is 23.9. The van der Waals surface area contributed by atoms with Crippen LogP contribution in [0.3, 0.4) is 0 Å². The summed E-state index contributed by atoms with van der Waals surface area (Å²) in [6.07, 6.45) is 1.39. The Balaban J connectivity index is 1.36. The molecule has 4 rings (SSSR count). The van der Waals surface area contributed by atoms with Gasteiger partial charge in [0.15, 0.2) is 18.1 Å². The van der Waals surface area contributed by atoms with Gasteiger partial charge in [0.25, 0.3) is 11.8 Å². The van der Waals surface area contributed by atoms with Crippen LogP contribution in [0.25, 0.3) is 0 Å². The predicted molar refractivity (Wildman–Crippen MR) is 162 cm³/mol. The van der Waals surface area contributed by atoms with Crippen LogP contribution in [0.5, 0.6) is 23.0 Å². The van der Waals surface area contributed by atoms with Gasteiger partial charge in [-0.25, -0.2) is 5.43 Å². The van der Waals surface area contributed by atoms with E-state index in [2.05, 4.69) is 15.8 Å².